The van der Waals surface area contributed by atoms with E-state index in [4.69, 9.17) is 5.11 Å². The Morgan fingerprint density at radius 2 is 1.95 bits per heavy atom. The summed E-state index contributed by atoms with van der Waals surface area (Å²) in [5, 5.41) is 8.71. The molecule has 116 valence electrons. The molecule has 0 aromatic carbocycles. The van der Waals surface area contributed by atoms with Gasteiger partial charge in [0.1, 0.15) is 12.4 Å². The number of amides is 1. The van der Waals surface area contributed by atoms with Gasteiger partial charge in [-0.15, -0.1) is 0 Å². The van der Waals surface area contributed by atoms with Crippen molar-refractivity contribution in [3.8, 4) is 0 Å². The standard InChI is InChI=1S/C10H13NO3.C5H8O2/c1-3-11(6-4-5-9(11)12)7-8(2)10(13)14;1-4(2)5(6)7-3/h3,7H,1,4-6H2,2H3;1H2,2-3H3/p+1. The molecule has 6 nitrogen and oxygen atoms in total. The smallest absolute Gasteiger partial charge is 0.336 e. The van der Waals surface area contributed by atoms with E-state index in [1.165, 1.54) is 26.4 Å². The lowest BCUT2D eigenvalue weighted by Gasteiger charge is -2.21. The number of hydrogen-bond donors (Lipinski definition) is 1. The number of methoxy groups -OCH3 is 1. The third-order valence-electron chi connectivity index (χ3n) is 3.00. The zero-order valence-electron chi connectivity index (χ0n) is 12.7. The molecule has 1 saturated heterocycles. The van der Waals surface area contributed by atoms with Crippen molar-refractivity contribution in [2.45, 2.75) is 26.7 Å². The van der Waals surface area contributed by atoms with Crippen LogP contribution >= 0.6 is 0 Å². The fourth-order valence-corrected chi connectivity index (χ4v) is 1.78. The van der Waals surface area contributed by atoms with Crippen LogP contribution in [0.4, 0.5) is 0 Å². The van der Waals surface area contributed by atoms with Crippen LogP contribution in [-0.2, 0) is 19.1 Å². The summed E-state index contributed by atoms with van der Waals surface area (Å²) in [6.07, 6.45) is 4.25. The zero-order chi connectivity index (χ0) is 16.6. The predicted octanol–water partition coefficient (Wildman–Crippen LogP) is 1.99. The molecule has 1 atom stereocenters. The Hall–Kier alpha value is -2.21. The van der Waals surface area contributed by atoms with Crippen molar-refractivity contribution in [2.24, 2.45) is 0 Å². The first kappa shape index (κ1) is 18.8. The number of likely N-dealkylation sites (tertiary alicyclic amines) is 1. The van der Waals surface area contributed by atoms with Gasteiger partial charge in [0.2, 0.25) is 0 Å². The second kappa shape index (κ2) is 8.16. The maximum atomic E-state index is 11.5. The topological polar surface area (TPSA) is 80.7 Å². The van der Waals surface area contributed by atoms with Gasteiger partial charge in [0, 0.05) is 12.0 Å². The molecule has 6 heteroatoms. The molecule has 21 heavy (non-hydrogen) atoms. The number of aliphatic carboxylic acids is 1. The number of carbonyl (C=O) groups is 3. The summed E-state index contributed by atoms with van der Waals surface area (Å²) in [5.74, 6) is -1.33. The number of hydrogen-bond acceptors (Lipinski definition) is 4. The molecule has 1 aliphatic rings. The van der Waals surface area contributed by atoms with Crippen LogP contribution in [0.2, 0.25) is 0 Å². The minimum absolute atomic E-state index is 0.0144. The van der Waals surface area contributed by atoms with Crippen LogP contribution in [0, 0.1) is 0 Å². The number of ether oxygens (including phenoxy) is 1. The third-order valence-corrected chi connectivity index (χ3v) is 3.00. The number of rotatable bonds is 4. The molecule has 0 bridgehead atoms. The van der Waals surface area contributed by atoms with E-state index in [0.29, 0.717) is 18.5 Å². The number of quaternary nitrogens is 1. The molecule has 0 saturated carbocycles. The van der Waals surface area contributed by atoms with Crippen LogP contribution in [0.25, 0.3) is 0 Å². The van der Waals surface area contributed by atoms with Gasteiger partial charge in [-0.25, -0.2) is 18.9 Å². The Kier molecular flexibility index (Phi) is 7.30. The molecule has 1 fully saturated rings. The van der Waals surface area contributed by atoms with E-state index in [-0.39, 0.29) is 21.9 Å². The number of esters is 1. The highest BCUT2D eigenvalue weighted by atomic mass is 16.5. The molecule has 0 aromatic rings. The third kappa shape index (κ3) is 5.35. The average molecular weight is 296 g/mol. The Morgan fingerprint density at radius 1 is 1.38 bits per heavy atom. The minimum Gasteiger partial charge on any atom is -0.478 e. The van der Waals surface area contributed by atoms with Gasteiger partial charge in [-0.3, -0.25) is 0 Å². The first-order valence-electron chi connectivity index (χ1n) is 6.41. The molecule has 1 N–H and O–H groups in total. The van der Waals surface area contributed by atoms with Crippen LogP contribution < -0.4 is 0 Å². The van der Waals surface area contributed by atoms with E-state index in [1.807, 2.05) is 0 Å². The Bertz CT molecular complexity index is 492. The molecular formula is C15H22NO5+. The van der Waals surface area contributed by atoms with Crippen LogP contribution in [0.1, 0.15) is 26.7 Å². The molecule has 1 aliphatic heterocycles. The highest BCUT2D eigenvalue weighted by molar-refractivity contribution is 5.86. The normalized spacial score (nSPS) is 21.1. The van der Waals surface area contributed by atoms with E-state index in [2.05, 4.69) is 17.9 Å². The summed E-state index contributed by atoms with van der Waals surface area (Å²) in [5.41, 5.74) is 0.614. The lowest BCUT2D eigenvalue weighted by atomic mass is 10.3. The van der Waals surface area contributed by atoms with E-state index in [9.17, 15) is 14.4 Å². The summed E-state index contributed by atoms with van der Waals surface area (Å²) in [6, 6.07) is 0. The second-order valence-corrected chi connectivity index (χ2v) is 4.72. The second-order valence-electron chi connectivity index (χ2n) is 4.72. The van der Waals surface area contributed by atoms with E-state index >= 15 is 0 Å². The van der Waals surface area contributed by atoms with Crippen molar-refractivity contribution in [3.05, 3.63) is 36.7 Å². The molecule has 1 unspecified atom stereocenters. The molecule has 0 aliphatic carbocycles. The van der Waals surface area contributed by atoms with Crippen molar-refractivity contribution < 1.29 is 28.7 Å². The van der Waals surface area contributed by atoms with Crippen molar-refractivity contribution in [3.63, 3.8) is 0 Å². The molecule has 0 aromatic heterocycles. The maximum absolute atomic E-state index is 11.5. The summed E-state index contributed by atoms with van der Waals surface area (Å²) >= 11 is 0. The SMILES string of the molecule is C=C(C)C(=O)OC.C=C[N+]1(C=C(C)C(=O)O)CCCC1=O. The molecule has 1 amide bonds. The molecule has 1 heterocycles. The molecule has 1 rings (SSSR count). The van der Waals surface area contributed by atoms with Gasteiger partial charge < -0.3 is 9.84 Å². The Morgan fingerprint density at radius 3 is 2.19 bits per heavy atom. The van der Waals surface area contributed by atoms with Gasteiger partial charge >= 0.3 is 17.8 Å². The van der Waals surface area contributed by atoms with Gasteiger partial charge in [-0.1, -0.05) is 6.58 Å². The summed E-state index contributed by atoms with van der Waals surface area (Å²) < 4.78 is 4.24. The zero-order valence-corrected chi connectivity index (χ0v) is 12.7. The van der Waals surface area contributed by atoms with Crippen molar-refractivity contribution in [1.82, 2.24) is 0 Å². The quantitative estimate of drug-likeness (QED) is 0.487. The number of carboxylic acid groups (broad SMARTS) is 1. The monoisotopic (exact) mass is 296 g/mol. The average Bonchev–Trinajstić information content (AvgIpc) is 2.79. The Labute approximate surface area is 124 Å². The lowest BCUT2D eigenvalue weighted by Crippen LogP contribution is -2.38. The largest absolute Gasteiger partial charge is 0.478 e. The van der Waals surface area contributed by atoms with Gasteiger partial charge in [0.15, 0.2) is 0 Å². The number of carbonyl (C=O) groups excluding carboxylic acids is 2. The van der Waals surface area contributed by atoms with Crippen molar-refractivity contribution >= 4 is 17.8 Å². The lowest BCUT2D eigenvalue weighted by molar-refractivity contribution is -0.739. The summed E-state index contributed by atoms with van der Waals surface area (Å²) in [4.78, 5) is 32.4. The van der Waals surface area contributed by atoms with Gasteiger partial charge in [-0.2, -0.15) is 0 Å². The maximum Gasteiger partial charge on any atom is 0.336 e. The van der Waals surface area contributed by atoms with E-state index in [1.54, 1.807) is 6.92 Å². The van der Waals surface area contributed by atoms with Crippen molar-refractivity contribution in [2.75, 3.05) is 13.7 Å². The van der Waals surface area contributed by atoms with Gasteiger partial charge in [0.05, 0.1) is 25.6 Å². The van der Waals surface area contributed by atoms with Crippen molar-refractivity contribution in [1.29, 1.82) is 0 Å². The highest BCUT2D eigenvalue weighted by Crippen LogP contribution is 2.23. The molecular weight excluding hydrogens is 274 g/mol. The van der Waals surface area contributed by atoms with Crippen LogP contribution in [0.3, 0.4) is 0 Å². The molecule has 0 radical (unpaired) electrons. The van der Waals surface area contributed by atoms with Crippen LogP contribution in [0.5, 0.6) is 0 Å². The van der Waals surface area contributed by atoms with E-state index < -0.39 is 5.97 Å². The molecule has 0 spiro atoms. The van der Waals surface area contributed by atoms with Gasteiger partial charge in [-0.05, 0) is 20.4 Å². The number of carboxylic acids is 1. The fraction of sp³-hybridized carbons (Fsp3) is 0.400. The highest BCUT2D eigenvalue weighted by Gasteiger charge is 2.38. The predicted molar refractivity (Wildman–Crippen MR) is 77.8 cm³/mol. The van der Waals surface area contributed by atoms with E-state index in [0.717, 1.165) is 6.42 Å². The fourth-order valence-electron chi connectivity index (χ4n) is 1.78. The summed E-state index contributed by atoms with van der Waals surface area (Å²) in [6.45, 7) is 10.6. The summed E-state index contributed by atoms with van der Waals surface area (Å²) in [7, 11) is 1.33. The van der Waals surface area contributed by atoms with Gasteiger partial charge in [0.25, 0.3) is 0 Å². The first-order chi connectivity index (χ1) is 9.70. The van der Waals surface area contributed by atoms with Crippen LogP contribution in [-0.4, -0.2) is 41.1 Å². The minimum atomic E-state index is -0.996. The first-order valence-corrected chi connectivity index (χ1v) is 6.41. The Balaban J connectivity index is 0.000000486. The number of nitrogens with zero attached hydrogens (tertiary/aromatic N) is 1. The van der Waals surface area contributed by atoms with Crippen LogP contribution in [0.15, 0.2) is 36.7 Å².